The molecule has 0 radical (unpaired) electrons. The number of fused-ring (bicyclic) bond motifs is 1. The third-order valence-corrected chi connectivity index (χ3v) is 4.77. The number of benzene rings is 2. The lowest BCUT2D eigenvalue weighted by atomic mass is 10.2. The molecule has 0 saturated carbocycles. The second-order valence-electron chi connectivity index (χ2n) is 5.12. The Morgan fingerprint density at radius 2 is 1.77 bits per heavy atom. The van der Waals surface area contributed by atoms with E-state index in [1.807, 2.05) is 38.2 Å². The van der Waals surface area contributed by atoms with Crippen molar-refractivity contribution in [1.82, 2.24) is 9.78 Å². The predicted molar refractivity (Wildman–Crippen MR) is 83.9 cm³/mol. The molecule has 0 aliphatic rings. The van der Waals surface area contributed by atoms with Gasteiger partial charge in [0, 0.05) is 12.4 Å². The third-order valence-electron chi connectivity index (χ3n) is 3.49. The molecule has 2 aromatic carbocycles. The van der Waals surface area contributed by atoms with Crippen molar-refractivity contribution < 1.29 is 12.6 Å². The summed E-state index contributed by atoms with van der Waals surface area (Å²) in [6, 6.07) is 14.2. The van der Waals surface area contributed by atoms with Crippen LogP contribution in [0.2, 0.25) is 0 Å². The molecule has 0 spiro atoms. The van der Waals surface area contributed by atoms with Crippen molar-refractivity contribution in [1.29, 1.82) is 0 Å². The van der Waals surface area contributed by atoms with Gasteiger partial charge in [0.1, 0.15) is 6.61 Å². The second kappa shape index (κ2) is 5.55. The lowest BCUT2D eigenvalue weighted by Crippen LogP contribution is -2.07. The Bertz CT molecular complexity index is 912. The summed E-state index contributed by atoms with van der Waals surface area (Å²) in [5.74, 6) is 0. The maximum absolute atomic E-state index is 12.2. The molecule has 22 heavy (non-hydrogen) atoms. The molecule has 3 aromatic rings. The SMILES string of the molecule is Cc1ccc(S(=O)(=O)OCc2nn(C)c3ccccc23)cc1. The van der Waals surface area contributed by atoms with Crippen LogP contribution in [0.5, 0.6) is 0 Å². The minimum Gasteiger partial charge on any atom is -0.268 e. The number of aryl methyl sites for hydroxylation is 2. The van der Waals surface area contributed by atoms with Gasteiger partial charge in [0.05, 0.1) is 16.1 Å². The molecule has 0 bridgehead atoms. The molecule has 0 aliphatic heterocycles. The molecule has 3 rings (SSSR count). The summed E-state index contributed by atoms with van der Waals surface area (Å²) in [6.07, 6.45) is 0. The van der Waals surface area contributed by atoms with E-state index >= 15 is 0 Å². The smallest absolute Gasteiger partial charge is 0.268 e. The first-order chi connectivity index (χ1) is 10.5. The third kappa shape index (κ3) is 2.75. The van der Waals surface area contributed by atoms with Gasteiger partial charge in [-0.1, -0.05) is 35.9 Å². The van der Waals surface area contributed by atoms with Crippen LogP contribution in [0, 0.1) is 6.92 Å². The number of rotatable bonds is 4. The second-order valence-corrected chi connectivity index (χ2v) is 6.73. The van der Waals surface area contributed by atoms with Crippen LogP contribution >= 0.6 is 0 Å². The van der Waals surface area contributed by atoms with E-state index in [1.54, 1.807) is 28.9 Å². The Morgan fingerprint density at radius 1 is 1.09 bits per heavy atom. The molecule has 0 saturated heterocycles. The molecule has 0 unspecified atom stereocenters. The highest BCUT2D eigenvalue weighted by molar-refractivity contribution is 7.86. The van der Waals surface area contributed by atoms with Gasteiger partial charge >= 0.3 is 0 Å². The monoisotopic (exact) mass is 316 g/mol. The number of hydrogen-bond acceptors (Lipinski definition) is 4. The van der Waals surface area contributed by atoms with Gasteiger partial charge in [-0.3, -0.25) is 8.86 Å². The molecule has 1 heterocycles. The number of nitrogens with zero attached hydrogens (tertiary/aromatic N) is 2. The first-order valence-corrected chi connectivity index (χ1v) is 8.25. The van der Waals surface area contributed by atoms with Crippen molar-refractivity contribution >= 4 is 21.0 Å². The highest BCUT2D eigenvalue weighted by Gasteiger charge is 2.17. The summed E-state index contributed by atoms with van der Waals surface area (Å²) in [5, 5.41) is 5.22. The van der Waals surface area contributed by atoms with Crippen molar-refractivity contribution in [2.45, 2.75) is 18.4 Å². The Kier molecular flexibility index (Phi) is 3.72. The van der Waals surface area contributed by atoms with E-state index in [1.165, 1.54) is 0 Å². The molecule has 0 atom stereocenters. The van der Waals surface area contributed by atoms with Gasteiger partial charge in [-0.2, -0.15) is 13.5 Å². The summed E-state index contributed by atoms with van der Waals surface area (Å²) in [5.41, 5.74) is 2.54. The summed E-state index contributed by atoms with van der Waals surface area (Å²) >= 11 is 0. The van der Waals surface area contributed by atoms with Gasteiger partial charge < -0.3 is 0 Å². The Balaban J connectivity index is 1.86. The fourth-order valence-electron chi connectivity index (χ4n) is 2.30. The normalized spacial score (nSPS) is 11.9. The molecule has 5 nitrogen and oxygen atoms in total. The van der Waals surface area contributed by atoms with E-state index in [9.17, 15) is 8.42 Å². The van der Waals surface area contributed by atoms with Crippen LogP contribution in [0.1, 0.15) is 11.3 Å². The standard InChI is InChI=1S/C16H16N2O3S/c1-12-7-9-13(10-8-12)22(19,20)21-11-15-14-5-3-4-6-16(14)18(2)17-15/h3-10H,11H2,1-2H3. The first-order valence-electron chi connectivity index (χ1n) is 6.84. The zero-order valence-electron chi connectivity index (χ0n) is 12.4. The minimum atomic E-state index is -3.78. The Labute approximate surface area is 129 Å². The maximum atomic E-state index is 12.2. The summed E-state index contributed by atoms with van der Waals surface area (Å²) in [6.45, 7) is 1.81. The fourth-order valence-corrected chi connectivity index (χ4v) is 3.17. The van der Waals surface area contributed by atoms with E-state index in [2.05, 4.69) is 5.10 Å². The summed E-state index contributed by atoms with van der Waals surface area (Å²) in [7, 11) is -1.96. The van der Waals surface area contributed by atoms with Crippen LogP contribution in [0.15, 0.2) is 53.4 Å². The van der Waals surface area contributed by atoms with Crippen LogP contribution in [0.25, 0.3) is 10.9 Å². The number of aromatic nitrogens is 2. The molecule has 0 amide bonds. The van der Waals surface area contributed by atoms with Gasteiger partial charge in [-0.05, 0) is 25.1 Å². The molecule has 0 N–H and O–H groups in total. The quantitative estimate of drug-likeness (QED) is 0.694. The van der Waals surface area contributed by atoms with Crippen molar-refractivity contribution in [3.63, 3.8) is 0 Å². The van der Waals surface area contributed by atoms with Gasteiger partial charge in [-0.25, -0.2) is 0 Å². The zero-order chi connectivity index (χ0) is 15.7. The molecule has 6 heteroatoms. The van der Waals surface area contributed by atoms with Crippen molar-refractivity contribution in [2.75, 3.05) is 0 Å². The van der Waals surface area contributed by atoms with Gasteiger partial charge in [-0.15, -0.1) is 0 Å². The molecule has 0 fully saturated rings. The van der Waals surface area contributed by atoms with Crippen LogP contribution in [-0.2, 0) is 28.0 Å². The van der Waals surface area contributed by atoms with E-state index in [4.69, 9.17) is 4.18 Å². The molecule has 0 aliphatic carbocycles. The van der Waals surface area contributed by atoms with Crippen LogP contribution in [0.3, 0.4) is 0 Å². The van der Waals surface area contributed by atoms with Crippen LogP contribution in [0.4, 0.5) is 0 Å². The average molecular weight is 316 g/mol. The van der Waals surface area contributed by atoms with E-state index in [-0.39, 0.29) is 11.5 Å². The minimum absolute atomic E-state index is 0.0858. The molecular formula is C16H16N2O3S. The lowest BCUT2D eigenvalue weighted by Gasteiger charge is -2.05. The predicted octanol–water partition coefficient (Wildman–Crippen LogP) is 2.79. The van der Waals surface area contributed by atoms with E-state index in [0.29, 0.717) is 5.69 Å². The van der Waals surface area contributed by atoms with Gasteiger partial charge in [0.15, 0.2) is 0 Å². The average Bonchev–Trinajstić information content (AvgIpc) is 2.83. The van der Waals surface area contributed by atoms with E-state index < -0.39 is 10.1 Å². The van der Waals surface area contributed by atoms with Crippen molar-refractivity contribution in [2.24, 2.45) is 7.05 Å². The Hall–Kier alpha value is -2.18. The molecule has 1 aromatic heterocycles. The zero-order valence-corrected chi connectivity index (χ0v) is 13.2. The molecular weight excluding hydrogens is 300 g/mol. The number of para-hydroxylation sites is 1. The first kappa shape index (κ1) is 14.7. The summed E-state index contributed by atoms with van der Waals surface area (Å²) < 4.78 is 31.3. The topological polar surface area (TPSA) is 61.2 Å². The number of hydrogen-bond donors (Lipinski definition) is 0. The van der Waals surface area contributed by atoms with E-state index in [0.717, 1.165) is 16.5 Å². The largest absolute Gasteiger partial charge is 0.297 e. The Morgan fingerprint density at radius 3 is 2.50 bits per heavy atom. The fraction of sp³-hybridized carbons (Fsp3) is 0.188. The van der Waals surface area contributed by atoms with Crippen LogP contribution < -0.4 is 0 Å². The van der Waals surface area contributed by atoms with Gasteiger partial charge in [0.2, 0.25) is 0 Å². The van der Waals surface area contributed by atoms with Crippen molar-refractivity contribution in [3.05, 3.63) is 59.8 Å². The maximum Gasteiger partial charge on any atom is 0.297 e. The van der Waals surface area contributed by atoms with Crippen molar-refractivity contribution in [3.8, 4) is 0 Å². The molecule has 114 valence electrons. The highest BCUT2D eigenvalue weighted by atomic mass is 32.2. The van der Waals surface area contributed by atoms with Gasteiger partial charge in [0.25, 0.3) is 10.1 Å². The lowest BCUT2D eigenvalue weighted by molar-refractivity contribution is 0.303. The van der Waals surface area contributed by atoms with Crippen LogP contribution in [-0.4, -0.2) is 18.2 Å². The highest BCUT2D eigenvalue weighted by Crippen LogP contribution is 2.20. The summed E-state index contributed by atoms with van der Waals surface area (Å²) in [4.78, 5) is 0.151.